The molecule has 0 radical (unpaired) electrons. The molecule has 0 saturated carbocycles. The zero-order chi connectivity index (χ0) is 54.4. The van der Waals surface area contributed by atoms with Gasteiger partial charge in [-0.05, 0) is 115 Å². The fourth-order valence-corrected chi connectivity index (χ4v) is 16.8. The van der Waals surface area contributed by atoms with Crippen LogP contribution in [0.4, 0.5) is 26.3 Å². The number of hydrogen-bond donors (Lipinski definition) is 2. The summed E-state index contributed by atoms with van der Waals surface area (Å²) in [6.45, 7) is 0. The maximum absolute atomic E-state index is 13.4. The van der Waals surface area contributed by atoms with Crippen molar-refractivity contribution in [2.45, 2.75) is 12.4 Å². The monoisotopic (exact) mass is 1070 g/mol. The van der Waals surface area contributed by atoms with Gasteiger partial charge in [0.1, 0.15) is 77.5 Å². The summed E-state index contributed by atoms with van der Waals surface area (Å²) in [5.41, 5.74) is -2.24. The van der Waals surface area contributed by atoms with E-state index >= 15 is 0 Å². The minimum atomic E-state index is -5.05. The van der Waals surface area contributed by atoms with E-state index in [1.54, 1.807) is 48.5 Å². The van der Waals surface area contributed by atoms with Crippen molar-refractivity contribution in [2.24, 2.45) is 0 Å². The van der Waals surface area contributed by atoms with Gasteiger partial charge in [0.05, 0.1) is 16.9 Å². The van der Waals surface area contributed by atoms with E-state index in [1.165, 1.54) is 31.8 Å². The smallest absolute Gasteiger partial charge is 0.416 e. The largest absolute Gasteiger partial charge is 0.860 e. The number of carbonyl (C=O) groups excluding carboxylic acids is 2. The molecule has 0 aliphatic carbocycles. The Balaban J connectivity index is 0.000000171. The van der Waals surface area contributed by atoms with Crippen LogP contribution < -0.4 is 46.5 Å². The quantitative estimate of drug-likeness (QED) is 0.0480. The zero-order valence-electron chi connectivity index (χ0n) is 40.3. The Kier molecular flexibility index (Phi) is 18.5. The molecule has 0 aliphatic rings. The molecule has 0 amide bonds. The fourth-order valence-electron chi connectivity index (χ4n) is 8.61. The van der Waals surface area contributed by atoms with Gasteiger partial charge in [-0.2, -0.15) is 26.3 Å². The van der Waals surface area contributed by atoms with Gasteiger partial charge in [-0.15, -0.1) is 0 Å². The molecule has 9 rings (SSSR count). The number of carbonyl (C=O) groups is 2. The summed E-state index contributed by atoms with van der Waals surface area (Å²) in [5, 5.41) is 46.9. The fraction of sp³-hybridized carbons (Fsp3) is 0.0667. The molecule has 76 heavy (non-hydrogen) atoms. The van der Waals surface area contributed by atoms with Crippen LogP contribution in [0.1, 0.15) is 31.8 Å². The van der Waals surface area contributed by atoms with Crippen molar-refractivity contribution in [3.8, 4) is 17.2 Å². The topological polar surface area (TPSA) is 130 Å². The third-order valence-electron chi connectivity index (χ3n) is 12.1. The molecule has 0 aromatic heterocycles. The number of ketones is 2. The number of aromatic hydroxyl groups is 2. The first-order chi connectivity index (χ1) is 36.4. The lowest BCUT2D eigenvalue weighted by molar-refractivity contribution is -0.372. The van der Waals surface area contributed by atoms with Gasteiger partial charge < -0.3 is 24.9 Å². The van der Waals surface area contributed by atoms with Crippen LogP contribution in [0.2, 0.25) is 0 Å². The maximum atomic E-state index is 13.4. The molecule has 0 unspecified atom stereocenters. The van der Waals surface area contributed by atoms with Crippen molar-refractivity contribution in [1.82, 2.24) is 0 Å². The normalized spacial score (nSPS) is 11.5. The third-order valence-corrected chi connectivity index (χ3v) is 20.7. The lowest BCUT2D eigenvalue weighted by Crippen LogP contribution is -2.50. The SMILES string of the molecule is O=C(C[P+](c1ccccc1)(c1ccccc1)c1ccccc1)c1cccc(O)c1.O=C(C[P+](c1ccccc1)(c1ccccc1)c1ccccc1)c1cccc(O)c1.[O-]B([O-])Oc1cc(C(F)(F)F)cc(C(F)(F)F)c1. The minimum Gasteiger partial charge on any atom is -0.860 e. The number of phenols is 2. The van der Waals surface area contributed by atoms with E-state index in [4.69, 9.17) is 0 Å². The van der Waals surface area contributed by atoms with Crippen LogP contribution in [-0.4, -0.2) is 41.4 Å². The van der Waals surface area contributed by atoms with Crippen LogP contribution in [0.3, 0.4) is 0 Å². The summed E-state index contributed by atoms with van der Waals surface area (Å²) in [6, 6.07) is 75.4. The second-order valence-corrected chi connectivity index (χ2v) is 24.0. The highest BCUT2D eigenvalue weighted by Gasteiger charge is 2.49. The van der Waals surface area contributed by atoms with Gasteiger partial charge in [-0.25, -0.2) is 0 Å². The predicted octanol–water partition coefficient (Wildman–Crippen LogP) is 9.95. The van der Waals surface area contributed by atoms with Crippen LogP contribution in [0.15, 0.2) is 249 Å². The summed E-state index contributed by atoms with van der Waals surface area (Å²) >= 11 is 0. The molecule has 0 bridgehead atoms. The van der Waals surface area contributed by atoms with E-state index in [-0.39, 0.29) is 41.3 Å². The van der Waals surface area contributed by atoms with Crippen molar-refractivity contribution < 1.29 is 60.8 Å². The van der Waals surface area contributed by atoms with Gasteiger partial charge in [-0.3, -0.25) is 9.59 Å². The molecule has 0 saturated heterocycles. The number of hydrogen-bond acceptors (Lipinski definition) is 7. The Bertz CT molecular complexity index is 2900. The van der Waals surface area contributed by atoms with Crippen molar-refractivity contribution in [1.29, 1.82) is 0 Å². The highest BCUT2D eigenvalue weighted by atomic mass is 31.2. The summed E-state index contributed by atoms with van der Waals surface area (Å²) < 4.78 is 77.5. The van der Waals surface area contributed by atoms with E-state index in [0.717, 1.165) is 0 Å². The first-order valence-corrected chi connectivity index (χ1v) is 27.4. The summed E-state index contributed by atoms with van der Waals surface area (Å²) in [4.78, 5) is 26.9. The first-order valence-electron chi connectivity index (χ1n) is 23.4. The lowest BCUT2D eigenvalue weighted by Gasteiger charge is -2.27. The Morgan fingerprint density at radius 2 is 0.658 bits per heavy atom. The van der Waals surface area contributed by atoms with Crippen molar-refractivity contribution >= 4 is 65.2 Å². The molecule has 2 N–H and O–H groups in total. The molecule has 0 fully saturated rings. The number of benzene rings is 9. The highest BCUT2D eigenvalue weighted by Crippen LogP contribution is 2.57. The molecule has 9 aromatic carbocycles. The Morgan fingerprint density at radius 1 is 0.395 bits per heavy atom. The molecule has 0 aliphatic heterocycles. The molecule has 16 heteroatoms. The van der Waals surface area contributed by atoms with E-state index in [0.29, 0.717) is 23.5 Å². The molecule has 0 heterocycles. The van der Waals surface area contributed by atoms with Gasteiger partial charge in [0.2, 0.25) is 11.6 Å². The van der Waals surface area contributed by atoms with Crippen molar-refractivity contribution in [3.05, 3.63) is 271 Å². The Labute approximate surface area is 437 Å². The van der Waals surface area contributed by atoms with Crippen LogP contribution in [0.25, 0.3) is 0 Å². The number of halogens is 6. The highest BCUT2D eigenvalue weighted by molar-refractivity contribution is 7.96. The maximum Gasteiger partial charge on any atom is 0.416 e. The van der Waals surface area contributed by atoms with E-state index in [1.807, 2.05) is 109 Å². The molecule has 0 atom stereocenters. The van der Waals surface area contributed by atoms with Crippen LogP contribution in [-0.2, 0) is 12.4 Å². The Hall–Kier alpha value is -7.86. The summed E-state index contributed by atoms with van der Waals surface area (Å²) in [5.74, 6) is -0.790. The first kappa shape index (κ1) is 55.9. The van der Waals surface area contributed by atoms with Gasteiger partial charge >= 0.3 is 12.4 Å². The van der Waals surface area contributed by atoms with Crippen LogP contribution in [0, 0.1) is 0 Å². The Morgan fingerprint density at radius 3 is 0.882 bits per heavy atom. The molecular formula is C60H47BF6O7P2. The second-order valence-electron chi connectivity index (χ2n) is 17.0. The van der Waals surface area contributed by atoms with Gasteiger partial charge in [0.25, 0.3) is 0 Å². The third kappa shape index (κ3) is 13.9. The lowest BCUT2D eigenvalue weighted by atomic mass is 10.1. The number of Topliss-reactive ketones (excluding diaryl/α,β-unsaturated/α-hetero) is 2. The molecule has 7 nitrogen and oxygen atoms in total. The van der Waals surface area contributed by atoms with Crippen molar-refractivity contribution in [3.63, 3.8) is 0 Å². The standard InChI is InChI=1S/2C26H21O2P.C8H3BF6O3/c2*27-22-12-10-11-21(19-22)26(28)20-29(23-13-4-1-5-14-23,24-15-6-2-7-16-24)25-17-8-3-9-18-25;10-7(11,12)4-1-5(8(13,14)15)3-6(2-4)18-9(16)17/h2*1-19H,20H2;1-3H/q;;-2/p+2. The average Bonchev–Trinajstić information content (AvgIpc) is 3.46. The second kappa shape index (κ2) is 25.1. The average molecular weight is 1070 g/mol. The zero-order valence-corrected chi connectivity index (χ0v) is 42.0. The number of phenolic OH excluding ortho intramolecular Hbond substituents is 2. The molecule has 384 valence electrons. The molecular weight excluding hydrogens is 1020 g/mol. The van der Waals surface area contributed by atoms with E-state index < -0.39 is 51.1 Å². The van der Waals surface area contributed by atoms with Crippen LogP contribution in [0.5, 0.6) is 17.2 Å². The molecule has 9 aromatic rings. The number of rotatable bonds is 14. The predicted molar refractivity (Wildman–Crippen MR) is 288 cm³/mol. The molecule has 0 spiro atoms. The van der Waals surface area contributed by atoms with Gasteiger partial charge in [0, 0.05) is 11.1 Å². The van der Waals surface area contributed by atoms with Gasteiger partial charge in [0.15, 0.2) is 0 Å². The minimum absolute atomic E-state index is 0.0331. The van der Waals surface area contributed by atoms with E-state index in [9.17, 15) is 56.2 Å². The van der Waals surface area contributed by atoms with Gasteiger partial charge in [-0.1, -0.05) is 133 Å². The van der Waals surface area contributed by atoms with Crippen molar-refractivity contribution in [2.75, 3.05) is 12.3 Å². The summed E-state index contributed by atoms with van der Waals surface area (Å²) in [6.07, 6.45) is -9.37. The number of alkyl halides is 6. The van der Waals surface area contributed by atoms with Crippen LogP contribution >= 0.6 is 14.5 Å². The summed E-state index contributed by atoms with van der Waals surface area (Å²) in [7, 11) is -7.46. The van der Waals surface area contributed by atoms with E-state index in [2.05, 4.69) is 77.5 Å².